The van der Waals surface area contributed by atoms with E-state index in [9.17, 15) is 9.59 Å². The standard InChI is InChI=1S/C22H26BrN3O2/c1-6-15(5)26-11-13(3)20-17(8-16(23)9-19(20)26)21(27)24-10-18-12(2)7-14(4)25-22(18)28/h7-9,11,15,18H,6,10H2,1-5H3,(H,24,27)/t15-,18?/m0/s1. The topological polar surface area (TPSA) is 63.5 Å². The average Bonchev–Trinajstić information content (AvgIpc) is 2.95. The van der Waals surface area contributed by atoms with Gasteiger partial charge in [-0.15, -0.1) is 0 Å². The number of carbonyl (C=O) groups is 2. The third-order valence-corrected chi connectivity index (χ3v) is 5.89. The van der Waals surface area contributed by atoms with Crippen LogP contribution < -0.4 is 5.32 Å². The molecule has 0 radical (unpaired) electrons. The number of halogens is 1. The third-order valence-electron chi connectivity index (χ3n) is 5.44. The van der Waals surface area contributed by atoms with E-state index in [1.807, 2.05) is 26.0 Å². The van der Waals surface area contributed by atoms with Gasteiger partial charge < -0.3 is 9.88 Å². The van der Waals surface area contributed by atoms with Gasteiger partial charge >= 0.3 is 0 Å². The summed E-state index contributed by atoms with van der Waals surface area (Å²) in [6.45, 7) is 10.3. The Morgan fingerprint density at radius 3 is 2.68 bits per heavy atom. The van der Waals surface area contributed by atoms with E-state index >= 15 is 0 Å². The van der Waals surface area contributed by atoms with E-state index < -0.39 is 5.92 Å². The van der Waals surface area contributed by atoms with Gasteiger partial charge in [0.15, 0.2) is 0 Å². The van der Waals surface area contributed by atoms with Crippen molar-refractivity contribution in [3.05, 3.63) is 45.6 Å². The largest absolute Gasteiger partial charge is 0.351 e. The Balaban J connectivity index is 1.91. The summed E-state index contributed by atoms with van der Waals surface area (Å²) in [7, 11) is 0. The van der Waals surface area contributed by atoms with Gasteiger partial charge in [-0.3, -0.25) is 9.59 Å². The molecule has 0 fully saturated rings. The van der Waals surface area contributed by atoms with E-state index in [4.69, 9.17) is 0 Å². The number of benzene rings is 1. The first kappa shape index (κ1) is 20.5. The minimum absolute atomic E-state index is 0.178. The van der Waals surface area contributed by atoms with Gasteiger partial charge in [-0.25, -0.2) is 4.99 Å². The van der Waals surface area contributed by atoms with Crippen molar-refractivity contribution in [3.63, 3.8) is 0 Å². The van der Waals surface area contributed by atoms with Crippen LogP contribution in [-0.4, -0.2) is 28.6 Å². The molecule has 1 aliphatic rings. The zero-order valence-corrected chi connectivity index (χ0v) is 18.6. The number of aliphatic imine (C=N–C) groups is 1. The average molecular weight is 444 g/mol. The molecule has 1 N–H and O–H groups in total. The molecule has 2 heterocycles. The summed E-state index contributed by atoms with van der Waals surface area (Å²) >= 11 is 3.55. The number of fused-ring (bicyclic) bond motifs is 1. The van der Waals surface area contributed by atoms with Crippen molar-refractivity contribution in [3.8, 4) is 0 Å². The van der Waals surface area contributed by atoms with Crippen LogP contribution in [0.2, 0.25) is 0 Å². The summed E-state index contributed by atoms with van der Waals surface area (Å²) in [4.78, 5) is 29.2. The molecule has 0 bridgehead atoms. The van der Waals surface area contributed by atoms with Crippen LogP contribution in [0.5, 0.6) is 0 Å². The molecule has 5 nitrogen and oxygen atoms in total. The van der Waals surface area contributed by atoms with Crippen LogP contribution in [0.3, 0.4) is 0 Å². The minimum Gasteiger partial charge on any atom is -0.351 e. The molecule has 0 spiro atoms. The number of aryl methyl sites for hydroxylation is 1. The summed E-state index contributed by atoms with van der Waals surface area (Å²) < 4.78 is 3.08. The van der Waals surface area contributed by atoms with Crippen molar-refractivity contribution >= 4 is 44.4 Å². The van der Waals surface area contributed by atoms with E-state index in [2.05, 4.69) is 56.9 Å². The smallest absolute Gasteiger partial charge is 0.254 e. The van der Waals surface area contributed by atoms with Crippen molar-refractivity contribution in [2.24, 2.45) is 10.9 Å². The summed E-state index contributed by atoms with van der Waals surface area (Å²) in [5.41, 5.74) is 4.36. The summed E-state index contributed by atoms with van der Waals surface area (Å²) in [6, 6.07) is 4.25. The minimum atomic E-state index is -0.402. The molecule has 3 rings (SSSR count). The maximum atomic E-state index is 13.0. The van der Waals surface area contributed by atoms with E-state index in [-0.39, 0.29) is 18.4 Å². The lowest BCUT2D eigenvalue weighted by molar-refractivity contribution is -0.120. The van der Waals surface area contributed by atoms with E-state index in [0.717, 1.165) is 32.9 Å². The molecular weight excluding hydrogens is 418 g/mol. The predicted octanol–water partition coefficient (Wildman–Crippen LogP) is 4.98. The first-order valence-corrected chi connectivity index (χ1v) is 10.4. The fourth-order valence-electron chi connectivity index (χ4n) is 3.74. The number of rotatable bonds is 5. The van der Waals surface area contributed by atoms with E-state index in [0.29, 0.717) is 17.3 Å². The predicted molar refractivity (Wildman–Crippen MR) is 117 cm³/mol. The fourth-order valence-corrected chi connectivity index (χ4v) is 4.19. The number of aromatic nitrogens is 1. The number of nitrogens with one attached hydrogen (secondary N) is 1. The number of amides is 2. The Labute approximate surface area is 174 Å². The molecule has 2 aromatic rings. The van der Waals surface area contributed by atoms with Crippen LogP contribution >= 0.6 is 15.9 Å². The van der Waals surface area contributed by atoms with Crippen LogP contribution in [0.4, 0.5) is 0 Å². The Bertz CT molecular complexity index is 1020. The highest BCUT2D eigenvalue weighted by Crippen LogP contribution is 2.31. The number of dihydropyridines is 1. The van der Waals surface area contributed by atoms with Crippen LogP contribution in [0.15, 0.2) is 39.4 Å². The number of carbonyl (C=O) groups excluding carboxylic acids is 2. The molecule has 148 valence electrons. The maximum Gasteiger partial charge on any atom is 0.254 e. The van der Waals surface area contributed by atoms with Gasteiger partial charge in [-0.05, 0) is 57.9 Å². The highest BCUT2D eigenvalue weighted by atomic mass is 79.9. The number of nitrogens with zero attached hydrogens (tertiary/aromatic N) is 2. The Morgan fingerprint density at radius 2 is 2.04 bits per heavy atom. The van der Waals surface area contributed by atoms with Gasteiger partial charge in [0.05, 0.1) is 17.0 Å². The molecule has 2 amide bonds. The molecule has 28 heavy (non-hydrogen) atoms. The van der Waals surface area contributed by atoms with Crippen molar-refractivity contribution in [1.29, 1.82) is 0 Å². The summed E-state index contributed by atoms with van der Waals surface area (Å²) in [6.07, 6.45) is 5.01. The highest BCUT2D eigenvalue weighted by Gasteiger charge is 2.25. The second-order valence-corrected chi connectivity index (χ2v) is 8.48. The fraction of sp³-hybridized carbons (Fsp3) is 0.409. The lowest BCUT2D eigenvalue weighted by Crippen LogP contribution is -2.34. The lowest BCUT2D eigenvalue weighted by atomic mass is 9.95. The first-order valence-electron chi connectivity index (χ1n) is 9.59. The quantitative estimate of drug-likeness (QED) is 0.707. The second-order valence-electron chi connectivity index (χ2n) is 7.57. The Kier molecular flexibility index (Phi) is 5.89. The molecule has 1 aromatic heterocycles. The van der Waals surface area contributed by atoms with Crippen LogP contribution in [0, 0.1) is 12.8 Å². The van der Waals surface area contributed by atoms with Crippen molar-refractivity contribution < 1.29 is 9.59 Å². The summed E-state index contributed by atoms with van der Waals surface area (Å²) in [5.74, 6) is -0.777. The molecule has 0 saturated heterocycles. The molecule has 0 saturated carbocycles. The van der Waals surface area contributed by atoms with Crippen LogP contribution in [-0.2, 0) is 4.79 Å². The Morgan fingerprint density at radius 1 is 1.32 bits per heavy atom. The zero-order chi connectivity index (χ0) is 20.6. The first-order chi connectivity index (χ1) is 13.2. The number of hydrogen-bond donors (Lipinski definition) is 1. The number of hydrogen-bond acceptors (Lipinski definition) is 2. The molecule has 1 unspecified atom stereocenters. The van der Waals surface area contributed by atoms with Gasteiger partial charge in [0.25, 0.3) is 11.8 Å². The molecule has 1 aliphatic heterocycles. The van der Waals surface area contributed by atoms with Gasteiger partial charge in [-0.1, -0.05) is 28.4 Å². The normalized spacial score (nSPS) is 18.1. The zero-order valence-electron chi connectivity index (χ0n) is 17.0. The molecule has 1 aromatic carbocycles. The highest BCUT2D eigenvalue weighted by molar-refractivity contribution is 9.10. The van der Waals surface area contributed by atoms with Gasteiger partial charge in [0.2, 0.25) is 0 Å². The van der Waals surface area contributed by atoms with Gasteiger partial charge in [0.1, 0.15) is 0 Å². The maximum absolute atomic E-state index is 13.0. The number of allylic oxidation sites excluding steroid dienone is 1. The van der Waals surface area contributed by atoms with Crippen LogP contribution in [0.25, 0.3) is 10.9 Å². The molecule has 0 aliphatic carbocycles. The SMILES string of the molecule is CC[C@H](C)n1cc(C)c2c(C(=O)NCC3C(=O)N=C(C)C=C3C)cc(Br)cc21. The third kappa shape index (κ3) is 3.83. The van der Waals surface area contributed by atoms with Gasteiger partial charge in [-0.2, -0.15) is 0 Å². The molecule has 6 heteroatoms. The summed E-state index contributed by atoms with van der Waals surface area (Å²) in [5, 5.41) is 3.90. The molecule has 2 atom stereocenters. The van der Waals surface area contributed by atoms with Crippen molar-refractivity contribution in [2.75, 3.05) is 6.54 Å². The van der Waals surface area contributed by atoms with E-state index in [1.165, 1.54) is 0 Å². The molecular formula is C22H26BrN3O2. The second kappa shape index (κ2) is 8.03. The van der Waals surface area contributed by atoms with E-state index in [1.54, 1.807) is 6.92 Å². The Hall–Kier alpha value is -2.21. The van der Waals surface area contributed by atoms with Crippen molar-refractivity contribution in [1.82, 2.24) is 9.88 Å². The van der Waals surface area contributed by atoms with Gasteiger partial charge in [0, 0.05) is 34.4 Å². The monoisotopic (exact) mass is 443 g/mol. The van der Waals surface area contributed by atoms with Crippen molar-refractivity contribution in [2.45, 2.75) is 47.1 Å². The van der Waals surface area contributed by atoms with Crippen LogP contribution in [0.1, 0.15) is 56.1 Å². The lowest BCUT2D eigenvalue weighted by Gasteiger charge is -2.19.